The molecule has 23 heavy (non-hydrogen) atoms. The average molecular weight is 568 g/mol. The monoisotopic (exact) mass is 568 g/mol. The minimum atomic E-state index is -2.92. The van der Waals surface area contributed by atoms with E-state index >= 15 is 0 Å². The molecule has 6 nitrogen and oxygen atoms in total. The highest BCUT2D eigenvalue weighted by atomic mass is 127. The van der Waals surface area contributed by atoms with Crippen molar-refractivity contribution in [3.8, 4) is 5.75 Å². The third kappa shape index (κ3) is 7.10. The van der Waals surface area contributed by atoms with Crippen LogP contribution in [0.15, 0.2) is 12.1 Å². The fourth-order valence-corrected chi connectivity index (χ4v) is 3.67. The maximum Gasteiger partial charge on any atom is 0.343 e. The van der Waals surface area contributed by atoms with Crippen molar-refractivity contribution in [3.63, 3.8) is 0 Å². The molecule has 130 valence electrons. The van der Waals surface area contributed by atoms with Crippen molar-refractivity contribution in [2.45, 2.75) is 13.3 Å². The second kappa shape index (κ2) is 9.99. The summed E-state index contributed by atoms with van der Waals surface area (Å²) >= 11 is 3.94. The molecule has 0 aliphatic rings. The number of nitrogens with two attached hydrogens (primary N) is 1. The zero-order valence-corrected chi connectivity index (χ0v) is 17.9. The van der Waals surface area contributed by atoms with Crippen LogP contribution in [0.25, 0.3) is 0 Å². The molecule has 0 spiro atoms. The first kappa shape index (κ1) is 20.9. The van der Waals surface area contributed by atoms with Crippen molar-refractivity contribution in [2.75, 3.05) is 31.2 Å². The molecular weight excluding hydrogens is 548 g/mol. The summed E-state index contributed by atoms with van der Waals surface area (Å²) in [5.41, 5.74) is 0.190. The molecule has 0 atom stereocenters. The average Bonchev–Trinajstić information content (AvgIpc) is 2.50. The van der Waals surface area contributed by atoms with Crippen molar-refractivity contribution in [1.82, 2.24) is 0 Å². The molecule has 0 aromatic heterocycles. The van der Waals surface area contributed by atoms with E-state index in [1.165, 1.54) is 0 Å². The van der Waals surface area contributed by atoms with Gasteiger partial charge in [-0.05, 0) is 57.3 Å². The van der Waals surface area contributed by atoms with Crippen LogP contribution in [0.2, 0.25) is 0 Å². The normalized spacial score (nSPS) is 11.4. The molecule has 3 N–H and O–H groups in total. The van der Waals surface area contributed by atoms with Crippen LogP contribution in [0.3, 0.4) is 0 Å². The molecule has 0 bridgehead atoms. The van der Waals surface area contributed by atoms with Crippen LogP contribution in [-0.4, -0.2) is 50.7 Å². The van der Waals surface area contributed by atoms with Crippen LogP contribution in [-0.2, 0) is 14.6 Å². The standard InChI is InChI=1S/C14H19I2NO5S/c1-2-23(20,21)9-7-17-6-3-8-22-14(19)12-10(15)4-5-11(16)13(12)18/h4-5,17-18H,2-3,6-9H2,1H3/p+1. The van der Waals surface area contributed by atoms with Gasteiger partial charge in [0.25, 0.3) is 0 Å². The minimum absolute atomic E-state index is 0.0566. The van der Waals surface area contributed by atoms with Gasteiger partial charge in [0, 0.05) is 15.7 Å². The number of hydrogen-bond donors (Lipinski definition) is 2. The second-order valence-electron chi connectivity index (χ2n) is 4.84. The van der Waals surface area contributed by atoms with Crippen LogP contribution in [0.1, 0.15) is 23.7 Å². The topological polar surface area (TPSA) is 97.3 Å². The number of ether oxygens (including phenoxy) is 1. The summed E-state index contributed by atoms with van der Waals surface area (Å²) in [7, 11) is -2.92. The van der Waals surface area contributed by atoms with E-state index in [9.17, 15) is 18.3 Å². The lowest BCUT2D eigenvalue weighted by molar-refractivity contribution is -0.651. The van der Waals surface area contributed by atoms with Crippen LogP contribution < -0.4 is 5.32 Å². The van der Waals surface area contributed by atoms with E-state index in [-0.39, 0.29) is 29.4 Å². The lowest BCUT2D eigenvalue weighted by Crippen LogP contribution is -2.85. The Labute approximate surface area is 163 Å². The molecule has 0 saturated heterocycles. The summed E-state index contributed by atoms with van der Waals surface area (Å²) in [6.07, 6.45) is 0.624. The zero-order chi connectivity index (χ0) is 17.5. The van der Waals surface area contributed by atoms with Gasteiger partial charge >= 0.3 is 5.97 Å². The Morgan fingerprint density at radius 1 is 1.26 bits per heavy atom. The summed E-state index contributed by atoms with van der Waals surface area (Å²) < 4.78 is 29.0. The van der Waals surface area contributed by atoms with E-state index in [0.29, 0.717) is 26.7 Å². The maximum absolute atomic E-state index is 12.0. The number of halogens is 2. The number of hydrogen-bond acceptors (Lipinski definition) is 5. The molecule has 0 heterocycles. The van der Waals surface area contributed by atoms with E-state index in [4.69, 9.17) is 4.74 Å². The fraction of sp³-hybridized carbons (Fsp3) is 0.500. The van der Waals surface area contributed by atoms with Crippen molar-refractivity contribution in [3.05, 3.63) is 24.8 Å². The predicted octanol–water partition coefficient (Wildman–Crippen LogP) is 1.15. The highest BCUT2D eigenvalue weighted by molar-refractivity contribution is 14.1. The van der Waals surface area contributed by atoms with Crippen LogP contribution >= 0.6 is 45.2 Å². The Bertz CT molecular complexity index is 649. The number of benzene rings is 1. The number of phenolic OH excluding ortho intramolecular Hbond substituents is 1. The quantitative estimate of drug-likeness (QED) is 0.265. The smallest absolute Gasteiger partial charge is 0.343 e. The lowest BCUT2D eigenvalue weighted by Gasteiger charge is -2.09. The predicted molar refractivity (Wildman–Crippen MR) is 104 cm³/mol. The van der Waals surface area contributed by atoms with Gasteiger partial charge in [-0.15, -0.1) is 0 Å². The number of phenols is 1. The Hall–Kier alpha value is -0.140. The van der Waals surface area contributed by atoms with E-state index in [1.807, 2.05) is 50.5 Å². The number of aromatic hydroxyl groups is 1. The summed E-state index contributed by atoms with van der Waals surface area (Å²) in [4.78, 5) is 12.0. The van der Waals surface area contributed by atoms with Gasteiger partial charge in [0.05, 0.1) is 29.0 Å². The van der Waals surface area contributed by atoms with Gasteiger partial charge < -0.3 is 15.2 Å². The Kier molecular flexibility index (Phi) is 9.08. The van der Waals surface area contributed by atoms with Gasteiger partial charge in [-0.1, -0.05) is 6.92 Å². The van der Waals surface area contributed by atoms with Crippen molar-refractivity contribution in [1.29, 1.82) is 0 Å². The molecule has 0 aliphatic carbocycles. The molecule has 1 aromatic carbocycles. The number of sulfone groups is 1. The number of quaternary nitrogens is 1. The molecule has 0 unspecified atom stereocenters. The second-order valence-corrected chi connectivity index (χ2v) is 9.64. The van der Waals surface area contributed by atoms with Gasteiger partial charge in [0.1, 0.15) is 11.3 Å². The molecule has 0 amide bonds. The highest BCUT2D eigenvalue weighted by Gasteiger charge is 2.18. The van der Waals surface area contributed by atoms with E-state index in [2.05, 4.69) is 0 Å². The SMILES string of the molecule is CCS(=O)(=O)CC[NH2+]CCCOC(=O)c1c(I)ccc(I)c1O. The van der Waals surface area contributed by atoms with Crippen molar-refractivity contribution >= 4 is 61.0 Å². The Morgan fingerprint density at radius 2 is 1.91 bits per heavy atom. The zero-order valence-electron chi connectivity index (χ0n) is 12.7. The number of rotatable bonds is 9. The fourth-order valence-electron chi connectivity index (χ4n) is 1.75. The first-order valence-corrected chi connectivity index (χ1v) is 11.1. The largest absolute Gasteiger partial charge is 0.506 e. The number of carbonyl (C=O) groups excluding carboxylic acids is 1. The number of esters is 1. The van der Waals surface area contributed by atoms with Crippen molar-refractivity contribution in [2.24, 2.45) is 0 Å². The van der Waals surface area contributed by atoms with Crippen LogP contribution in [0.5, 0.6) is 5.75 Å². The molecule has 0 aliphatic heterocycles. The first-order chi connectivity index (χ1) is 10.8. The summed E-state index contributed by atoms with van der Waals surface area (Å²) in [6.45, 7) is 3.06. The van der Waals surface area contributed by atoms with Crippen molar-refractivity contribution < 1.29 is 28.4 Å². The molecule has 9 heteroatoms. The van der Waals surface area contributed by atoms with Gasteiger partial charge in [0.15, 0.2) is 9.84 Å². The summed E-state index contributed by atoms with van der Waals surface area (Å²) in [6, 6.07) is 3.48. The minimum Gasteiger partial charge on any atom is -0.506 e. The lowest BCUT2D eigenvalue weighted by atomic mass is 10.2. The van der Waals surface area contributed by atoms with Gasteiger partial charge in [0.2, 0.25) is 0 Å². The third-order valence-corrected chi connectivity index (χ3v) is 6.65. The number of carbonyl (C=O) groups is 1. The Balaban J connectivity index is 2.32. The summed E-state index contributed by atoms with van der Waals surface area (Å²) in [5.74, 6) is -0.272. The van der Waals surface area contributed by atoms with Gasteiger partial charge in [-0.3, -0.25) is 0 Å². The molecule has 1 aromatic rings. The Morgan fingerprint density at radius 3 is 2.57 bits per heavy atom. The van der Waals surface area contributed by atoms with E-state index in [1.54, 1.807) is 19.1 Å². The van der Waals surface area contributed by atoms with Crippen LogP contribution in [0.4, 0.5) is 0 Å². The maximum atomic E-state index is 12.0. The van der Waals surface area contributed by atoms with E-state index < -0.39 is 15.8 Å². The molecule has 0 radical (unpaired) electrons. The van der Waals surface area contributed by atoms with E-state index in [0.717, 1.165) is 0 Å². The first-order valence-electron chi connectivity index (χ1n) is 7.14. The molecular formula is C14H20I2NO5S+. The molecule has 0 saturated carbocycles. The third-order valence-electron chi connectivity index (χ3n) is 3.14. The molecule has 0 fully saturated rings. The van der Waals surface area contributed by atoms with Crippen LogP contribution in [0, 0.1) is 7.14 Å². The summed E-state index contributed by atoms with van der Waals surface area (Å²) in [5, 5.41) is 11.8. The van der Waals surface area contributed by atoms with Gasteiger partial charge in [-0.2, -0.15) is 0 Å². The molecule has 1 rings (SSSR count). The van der Waals surface area contributed by atoms with Gasteiger partial charge in [-0.25, -0.2) is 13.2 Å². The highest BCUT2D eigenvalue weighted by Crippen LogP contribution is 2.29.